The minimum absolute atomic E-state index is 0.00663. The van der Waals surface area contributed by atoms with Crippen LogP contribution in [0, 0.1) is 0 Å². The molecule has 0 radical (unpaired) electrons. The lowest BCUT2D eigenvalue weighted by Crippen LogP contribution is -2.47. The van der Waals surface area contributed by atoms with Crippen LogP contribution < -0.4 is 0 Å². The predicted molar refractivity (Wildman–Crippen MR) is 71.6 cm³/mol. The fraction of sp³-hybridized carbons (Fsp3) is 0.643. The number of rotatable bonds is 6. The van der Waals surface area contributed by atoms with Crippen molar-refractivity contribution in [2.45, 2.75) is 57.9 Å². The Morgan fingerprint density at radius 3 is 2.00 bits per heavy atom. The van der Waals surface area contributed by atoms with Gasteiger partial charge in [0.05, 0.1) is 0 Å². The molecule has 120 valence electrons. The number of imide groups is 2. The maximum Gasteiger partial charge on any atom is 0.355 e. The van der Waals surface area contributed by atoms with Crippen LogP contribution in [0.25, 0.3) is 0 Å². The van der Waals surface area contributed by atoms with Gasteiger partial charge in [0.15, 0.2) is 0 Å². The first-order valence-corrected chi connectivity index (χ1v) is 7.38. The minimum atomic E-state index is -1.08. The monoisotopic (exact) mass is 310 g/mol. The Balaban J connectivity index is 2.12. The van der Waals surface area contributed by atoms with Gasteiger partial charge in [-0.05, 0) is 6.42 Å². The molecule has 0 aromatic rings. The number of carbonyl (C=O) groups excluding carboxylic acids is 5. The highest BCUT2D eigenvalue weighted by Crippen LogP contribution is 2.22. The molecule has 0 aromatic carbocycles. The number of hydrogen-bond donors (Lipinski definition) is 0. The Morgan fingerprint density at radius 2 is 1.50 bits per heavy atom. The maximum absolute atomic E-state index is 12.3. The van der Waals surface area contributed by atoms with Crippen molar-refractivity contribution in [3.05, 3.63) is 0 Å². The number of unbranched alkanes of at least 4 members (excludes halogenated alkanes) is 1. The Hall–Kier alpha value is -2.25. The normalized spacial score (nSPS) is 20.0. The zero-order chi connectivity index (χ0) is 16.3. The quantitative estimate of drug-likeness (QED) is 0.654. The third-order valence-electron chi connectivity index (χ3n) is 3.69. The standard InChI is InChI=1S/C14H18N2O6/c1-2-3-4-9(15-10(17)5-6-11(15)18)14(21)22-16-12(19)7-8-13(16)20/h9H,2-8H2,1H3. The second kappa shape index (κ2) is 6.67. The van der Waals surface area contributed by atoms with E-state index in [2.05, 4.69) is 0 Å². The third kappa shape index (κ3) is 3.15. The van der Waals surface area contributed by atoms with Gasteiger partial charge in [0.2, 0.25) is 11.8 Å². The van der Waals surface area contributed by atoms with Gasteiger partial charge in [-0.1, -0.05) is 19.8 Å². The van der Waals surface area contributed by atoms with Crippen LogP contribution in [-0.2, 0) is 28.8 Å². The molecular formula is C14H18N2O6. The first-order chi connectivity index (χ1) is 10.5. The summed E-state index contributed by atoms with van der Waals surface area (Å²) >= 11 is 0. The van der Waals surface area contributed by atoms with E-state index in [1.807, 2.05) is 6.92 Å². The second-order valence-electron chi connectivity index (χ2n) is 5.31. The zero-order valence-electron chi connectivity index (χ0n) is 12.4. The van der Waals surface area contributed by atoms with Crippen LogP contribution in [0.4, 0.5) is 0 Å². The van der Waals surface area contributed by atoms with Gasteiger partial charge in [-0.3, -0.25) is 24.1 Å². The third-order valence-corrected chi connectivity index (χ3v) is 3.69. The van der Waals surface area contributed by atoms with Gasteiger partial charge in [-0.2, -0.15) is 0 Å². The van der Waals surface area contributed by atoms with Gasteiger partial charge in [0.1, 0.15) is 6.04 Å². The van der Waals surface area contributed by atoms with Crippen molar-refractivity contribution in [3.63, 3.8) is 0 Å². The lowest BCUT2D eigenvalue weighted by Gasteiger charge is -2.25. The van der Waals surface area contributed by atoms with Crippen molar-refractivity contribution in [1.29, 1.82) is 0 Å². The summed E-state index contributed by atoms with van der Waals surface area (Å²) in [7, 11) is 0. The zero-order valence-corrected chi connectivity index (χ0v) is 12.4. The average Bonchev–Trinajstić information content (AvgIpc) is 2.97. The fourth-order valence-corrected chi connectivity index (χ4v) is 2.50. The number of amides is 4. The molecule has 2 fully saturated rings. The first-order valence-electron chi connectivity index (χ1n) is 7.38. The molecule has 8 heteroatoms. The van der Waals surface area contributed by atoms with E-state index in [1.54, 1.807) is 0 Å². The van der Waals surface area contributed by atoms with Gasteiger partial charge in [0, 0.05) is 25.7 Å². The molecule has 1 atom stereocenters. The SMILES string of the molecule is CCCCC(C(=O)ON1C(=O)CCC1=O)N1C(=O)CCC1=O. The largest absolute Gasteiger partial charge is 0.355 e. The highest BCUT2D eigenvalue weighted by molar-refractivity contribution is 6.06. The van der Waals surface area contributed by atoms with Crippen LogP contribution in [0.2, 0.25) is 0 Å². The molecule has 0 N–H and O–H groups in total. The second-order valence-corrected chi connectivity index (χ2v) is 5.31. The number of nitrogens with zero attached hydrogens (tertiary/aromatic N) is 2. The lowest BCUT2D eigenvalue weighted by atomic mass is 10.1. The van der Waals surface area contributed by atoms with Crippen molar-refractivity contribution in [1.82, 2.24) is 9.96 Å². The highest BCUT2D eigenvalue weighted by atomic mass is 16.7. The van der Waals surface area contributed by atoms with E-state index in [1.165, 1.54) is 0 Å². The van der Waals surface area contributed by atoms with Crippen LogP contribution >= 0.6 is 0 Å². The molecule has 2 saturated heterocycles. The minimum Gasteiger partial charge on any atom is -0.328 e. The summed E-state index contributed by atoms with van der Waals surface area (Å²) in [6.07, 6.45) is 1.75. The van der Waals surface area contributed by atoms with E-state index < -0.39 is 35.6 Å². The Morgan fingerprint density at radius 1 is 1.00 bits per heavy atom. The van der Waals surface area contributed by atoms with Crippen molar-refractivity contribution in [3.8, 4) is 0 Å². The summed E-state index contributed by atoms with van der Waals surface area (Å²) in [6, 6.07) is -1.08. The number of likely N-dealkylation sites (tertiary alicyclic amines) is 1. The maximum atomic E-state index is 12.3. The Labute approximate surface area is 127 Å². The summed E-state index contributed by atoms with van der Waals surface area (Å²) in [5.74, 6) is -2.96. The summed E-state index contributed by atoms with van der Waals surface area (Å²) < 4.78 is 0. The summed E-state index contributed by atoms with van der Waals surface area (Å²) in [4.78, 5) is 64.6. The van der Waals surface area contributed by atoms with Gasteiger partial charge in [-0.15, -0.1) is 5.06 Å². The van der Waals surface area contributed by atoms with E-state index in [-0.39, 0.29) is 32.1 Å². The molecule has 1 unspecified atom stereocenters. The van der Waals surface area contributed by atoms with Crippen LogP contribution in [0.5, 0.6) is 0 Å². The molecule has 2 aliphatic rings. The number of hydroxylamine groups is 2. The molecule has 2 aliphatic heterocycles. The molecular weight excluding hydrogens is 292 g/mol. The van der Waals surface area contributed by atoms with Gasteiger partial charge < -0.3 is 4.84 Å². The molecule has 0 aromatic heterocycles. The summed E-state index contributed by atoms with van der Waals surface area (Å²) in [6.45, 7) is 1.91. The van der Waals surface area contributed by atoms with Crippen LogP contribution in [0.3, 0.4) is 0 Å². The average molecular weight is 310 g/mol. The Kier molecular flexibility index (Phi) is 4.89. The molecule has 0 bridgehead atoms. The van der Waals surface area contributed by atoms with E-state index in [0.29, 0.717) is 11.5 Å². The number of carbonyl (C=O) groups is 5. The van der Waals surface area contributed by atoms with Crippen molar-refractivity contribution in [2.24, 2.45) is 0 Å². The van der Waals surface area contributed by atoms with Gasteiger partial charge in [0.25, 0.3) is 11.8 Å². The predicted octanol–water partition coefficient (Wildman–Crippen LogP) is 0.301. The van der Waals surface area contributed by atoms with Crippen LogP contribution in [0.15, 0.2) is 0 Å². The highest BCUT2D eigenvalue weighted by Gasteiger charge is 2.42. The van der Waals surface area contributed by atoms with Crippen molar-refractivity contribution in [2.75, 3.05) is 0 Å². The number of hydrogen-bond acceptors (Lipinski definition) is 6. The van der Waals surface area contributed by atoms with E-state index in [0.717, 1.165) is 11.3 Å². The van der Waals surface area contributed by atoms with Crippen LogP contribution in [-0.4, -0.2) is 45.6 Å². The molecule has 2 heterocycles. The van der Waals surface area contributed by atoms with E-state index in [4.69, 9.17) is 4.84 Å². The molecule has 22 heavy (non-hydrogen) atoms. The molecule has 0 aliphatic carbocycles. The van der Waals surface area contributed by atoms with E-state index >= 15 is 0 Å². The van der Waals surface area contributed by atoms with E-state index in [9.17, 15) is 24.0 Å². The topological polar surface area (TPSA) is 101 Å². The first kappa shape index (κ1) is 16.1. The molecule has 0 saturated carbocycles. The molecule has 8 nitrogen and oxygen atoms in total. The smallest absolute Gasteiger partial charge is 0.328 e. The van der Waals surface area contributed by atoms with Gasteiger partial charge in [-0.25, -0.2) is 4.79 Å². The Bertz CT molecular complexity index is 497. The molecule has 2 rings (SSSR count). The lowest BCUT2D eigenvalue weighted by molar-refractivity contribution is -0.201. The summed E-state index contributed by atoms with van der Waals surface area (Å²) in [5.41, 5.74) is 0. The van der Waals surface area contributed by atoms with Crippen molar-refractivity contribution >= 4 is 29.6 Å². The van der Waals surface area contributed by atoms with Crippen molar-refractivity contribution < 1.29 is 28.8 Å². The fourth-order valence-electron chi connectivity index (χ4n) is 2.50. The van der Waals surface area contributed by atoms with Crippen LogP contribution in [0.1, 0.15) is 51.9 Å². The molecule has 4 amide bonds. The molecule has 0 spiro atoms. The van der Waals surface area contributed by atoms with Gasteiger partial charge >= 0.3 is 5.97 Å². The summed E-state index contributed by atoms with van der Waals surface area (Å²) in [5, 5.41) is 0.437.